The van der Waals surface area contributed by atoms with Gasteiger partial charge in [-0.3, -0.25) is 20.2 Å². The van der Waals surface area contributed by atoms with E-state index in [1.54, 1.807) is 36.2 Å². The molecule has 0 heterocycles. The fourth-order valence-electron chi connectivity index (χ4n) is 1.89. The summed E-state index contributed by atoms with van der Waals surface area (Å²) in [5.41, 5.74) is 6.46. The Hall–Kier alpha value is -3.16. The van der Waals surface area contributed by atoms with Gasteiger partial charge in [0.1, 0.15) is 5.69 Å². The number of nitrogen functional groups attached to an aromatic ring is 1. The minimum Gasteiger partial charge on any atom is -0.399 e. The fourth-order valence-corrected chi connectivity index (χ4v) is 1.89. The minimum atomic E-state index is -0.667. The Morgan fingerprint density at radius 2 is 1.62 bits per heavy atom. The van der Waals surface area contributed by atoms with Gasteiger partial charge in [0.25, 0.3) is 11.4 Å². The molecule has 2 aromatic carbocycles. The maximum atomic E-state index is 11.1. The molecular weight excluding hydrogens is 276 g/mol. The number of non-ortho nitro benzene ring substituents is 1. The molecule has 0 spiro atoms. The van der Waals surface area contributed by atoms with Crippen molar-refractivity contribution in [1.82, 2.24) is 0 Å². The molecule has 0 bridgehead atoms. The molecule has 0 saturated heterocycles. The highest BCUT2D eigenvalue weighted by Crippen LogP contribution is 2.35. The van der Waals surface area contributed by atoms with Crippen molar-refractivity contribution < 1.29 is 9.85 Å². The molecule has 8 nitrogen and oxygen atoms in total. The van der Waals surface area contributed by atoms with E-state index in [2.05, 4.69) is 0 Å². The van der Waals surface area contributed by atoms with Crippen LogP contribution in [0.4, 0.5) is 28.4 Å². The number of nitro benzene ring substituents is 2. The summed E-state index contributed by atoms with van der Waals surface area (Å²) >= 11 is 0. The zero-order valence-corrected chi connectivity index (χ0v) is 11.1. The van der Waals surface area contributed by atoms with Gasteiger partial charge in [-0.2, -0.15) is 0 Å². The molecule has 0 aliphatic heterocycles. The number of nitro groups is 2. The molecule has 2 N–H and O–H groups in total. The molecule has 2 rings (SSSR count). The lowest BCUT2D eigenvalue weighted by Crippen LogP contribution is -2.11. The highest BCUT2D eigenvalue weighted by atomic mass is 16.6. The number of hydrogen-bond donors (Lipinski definition) is 1. The Labute approximate surface area is 119 Å². The first kappa shape index (κ1) is 14.3. The van der Waals surface area contributed by atoms with Crippen LogP contribution >= 0.6 is 0 Å². The van der Waals surface area contributed by atoms with Crippen molar-refractivity contribution in [2.45, 2.75) is 0 Å². The molecule has 0 amide bonds. The van der Waals surface area contributed by atoms with Gasteiger partial charge in [0.2, 0.25) is 0 Å². The quantitative estimate of drug-likeness (QED) is 0.525. The van der Waals surface area contributed by atoms with Gasteiger partial charge in [-0.25, -0.2) is 0 Å². The van der Waals surface area contributed by atoms with E-state index in [9.17, 15) is 20.2 Å². The van der Waals surface area contributed by atoms with Crippen LogP contribution in [0.1, 0.15) is 0 Å². The molecule has 8 heteroatoms. The minimum absolute atomic E-state index is 0.260. The molecule has 21 heavy (non-hydrogen) atoms. The van der Waals surface area contributed by atoms with E-state index >= 15 is 0 Å². The fraction of sp³-hybridized carbons (Fsp3) is 0.0769. The summed E-state index contributed by atoms with van der Waals surface area (Å²) in [7, 11) is 1.64. The van der Waals surface area contributed by atoms with Crippen LogP contribution in [0.25, 0.3) is 0 Å². The summed E-state index contributed by atoms with van der Waals surface area (Å²) in [5, 5.41) is 21.8. The van der Waals surface area contributed by atoms with Crippen LogP contribution in [0.3, 0.4) is 0 Å². The Morgan fingerprint density at radius 3 is 2.14 bits per heavy atom. The lowest BCUT2D eigenvalue weighted by atomic mass is 10.2. The number of benzene rings is 2. The van der Waals surface area contributed by atoms with Gasteiger partial charge >= 0.3 is 0 Å². The first-order valence-electron chi connectivity index (χ1n) is 5.92. The topological polar surface area (TPSA) is 116 Å². The van der Waals surface area contributed by atoms with Gasteiger partial charge < -0.3 is 10.6 Å². The van der Waals surface area contributed by atoms with Crippen molar-refractivity contribution in [3.63, 3.8) is 0 Å². The second-order valence-electron chi connectivity index (χ2n) is 4.34. The highest BCUT2D eigenvalue weighted by molar-refractivity contribution is 5.74. The molecule has 0 fully saturated rings. The van der Waals surface area contributed by atoms with Gasteiger partial charge in [0.15, 0.2) is 0 Å². The predicted molar refractivity (Wildman–Crippen MR) is 78.7 cm³/mol. The maximum absolute atomic E-state index is 11.1. The summed E-state index contributed by atoms with van der Waals surface area (Å²) < 4.78 is 0. The predicted octanol–water partition coefficient (Wildman–Crippen LogP) is 2.85. The average Bonchev–Trinajstić information content (AvgIpc) is 2.46. The first-order chi connectivity index (χ1) is 9.90. The van der Waals surface area contributed by atoms with E-state index in [0.29, 0.717) is 11.4 Å². The number of hydrogen-bond acceptors (Lipinski definition) is 6. The molecule has 2 aromatic rings. The van der Waals surface area contributed by atoms with Crippen molar-refractivity contribution in [2.24, 2.45) is 0 Å². The molecule has 0 radical (unpaired) electrons. The maximum Gasteiger partial charge on any atom is 0.299 e. The van der Waals surface area contributed by atoms with Crippen LogP contribution in [-0.4, -0.2) is 16.9 Å². The average molecular weight is 288 g/mol. The number of anilines is 3. The van der Waals surface area contributed by atoms with E-state index in [-0.39, 0.29) is 17.1 Å². The third-order valence-electron chi connectivity index (χ3n) is 3.01. The SMILES string of the molecule is CN(c1ccc(N)cc1)c1ccc([N+](=O)[O-])cc1[N+](=O)[O-]. The molecule has 0 saturated carbocycles. The Bertz CT molecular complexity index is 700. The second-order valence-corrected chi connectivity index (χ2v) is 4.34. The van der Waals surface area contributed by atoms with Gasteiger partial charge in [0, 0.05) is 24.5 Å². The van der Waals surface area contributed by atoms with E-state index in [4.69, 9.17) is 5.73 Å². The summed E-state index contributed by atoms with van der Waals surface area (Å²) in [6.45, 7) is 0. The molecule has 0 aliphatic carbocycles. The van der Waals surface area contributed by atoms with Crippen LogP contribution in [-0.2, 0) is 0 Å². The van der Waals surface area contributed by atoms with Gasteiger partial charge in [-0.1, -0.05) is 0 Å². The van der Waals surface area contributed by atoms with Crippen molar-refractivity contribution in [3.8, 4) is 0 Å². The smallest absolute Gasteiger partial charge is 0.299 e. The lowest BCUT2D eigenvalue weighted by molar-refractivity contribution is -0.393. The van der Waals surface area contributed by atoms with E-state index < -0.39 is 9.85 Å². The van der Waals surface area contributed by atoms with Crippen LogP contribution < -0.4 is 10.6 Å². The normalized spacial score (nSPS) is 10.1. The van der Waals surface area contributed by atoms with Crippen LogP contribution in [0.5, 0.6) is 0 Å². The van der Waals surface area contributed by atoms with E-state index in [1.165, 1.54) is 12.1 Å². The number of nitrogens with two attached hydrogens (primary N) is 1. The first-order valence-corrected chi connectivity index (χ1v) is 5.92. The van der Waals surface area contributed by atoms with E-state index in [1.807, 2.05) is 0 Å². The molecule has 0 unspecified atom stereocenters. The summed E-state index contributed by atoms with van der Waals surface area (Å²) in [4.78, 5) is 22.1. The van der Waals surface area contributed by atoms with Crippen LogP contribution in [0.2, 0.25) is 0 Å². The monoisotopic (exact) mass is 288 g/mol. The van der Waals surface area contributed by atoms with Gasteiger partial charge in [-0.15, -0.1) is 0 Å². The third-order valence-corrected chi connectivity index (χ3v) is 3.01. The van der Waals surface area contributed by atoms with Crippen LogP contribution in [0, 0.1) is 20.2 Å². The molecule has 0 aromatic heterocycles. The highest BCUT2D eigenvalue weighted by Gasteiger charge is 2.22. The van der Waals surface area contributed by atoms with Crippen molar-refractivity contribution >= 4 is 28.4 Å². The summed E-state index contributed by atoms with van der Waals surface area (Å²) in [6, 6.07) is 10.3. The summed E-state index contributed by atoms with van der Waals surface area (Å²) in [6.07, 6.45) is 0. The largest absolute Gasteiger partial charge is 0.399 e. The van der Waals surface area contributed by atoms with Crippen LogP contribution in [0.15, 0.2) is 42.5 Å². The molecule has 0 atom stereocenters. The lowest BCUT2D eigenvalue weighted by Gasteiger charge is -2.19. The Morgan fingerprint density at radius 1 is 1.00 bits per heavy atom. The molecule has 0 aliphatic rings. The number of nitrogens with zero attached hydrogens (tertiary/aromatic N) is 3. The number of rotatable bonds is 4. The van der Waals surface area contributed by atoms with E-state index in [0.717, 1.165) is 6.07 Å². The Kier molecular flexibility index (Phi) is 3.70. The van der Waals surface area contributed by atoms with Crippen molar-refractivity contribution in [2.75, 3.05) is 17.7 Å². The Balaban J connectivity index is 2.49. The zero-order valence-electron chi connectivity index (χ0n) is 11.1. The zero-order chi connectivity index (χ0) is 15.6. The molecular formula is C13H12N4O4. The second kappa shape index (κ2) is 5.45. The van der Waals surface area contributed by atoms with Crippen molar-refractivity contribution in [3.05, 3.63) is 62.7 Å². The van der Waals surface area contributed by atoms with Gasteiger partial charge in [0.05, 0.1) is 15.9 Å². The molecule has 108 valence electrons. The third kappa shape index (κ3) is 2.89. The standard InChI is InChI=1S/C13H12N4O4/c1-15(10-4-2-9(14)3-5-10)12-7-6-11(16(18)19)8-13(12)17(20)21/h2-8H,14H2,1H3. The van der Waals surface area contributed by atoms with Gasteiger partial charge in [-0.05, 0) is 30.3 Å². The van der Waals surface area contributed by atoms with Crippen molar-refractivity contribution in [1.29, 1.82) is 0 Å². The summed E-state index contributed by atoms with van der Waals surface area (Å²) in [5.74, 6) is 0.